The Labute approximate surface area is 172 Å². The molecule has 8 heteroatoms. The van der Waals surface area contributed by atoms with E-state index in [1.54, 1.807) is 18.2 Å². The van der Waals surface area contributed by atoms with Gasteiger partial charge in [0, 0.05) is 45.1 Å². The highest BCUT2D eigenvalue weighted by Gasteiger charge is 2.26. The number of hydrogen-bond donors (Lipinski definition) is 2. The Kier molecular flexibility index (Phi) is 6.76. The Morgan fingerprint density at radius 2 is 1.76 bits per heavy atom. The molecule has 0 aliphatic carbocycles. The van der Waals surface area contributed by atoms with Gasteiger partial charge in [-0.2, -0.15) is 4.31 Å². The summed E-state index contributed by atoms with van der Waals surface area (Å²) >= 11 is 0. The van der Waals surface area contributed by atoms with E-state index >= 15 is 0 Å². The summed E-state index contributed by atoms with van der Waals surface area (Å²) in [5.41, 5.74) is 2.48. The Bertz CT molecular complexity index is 954. The predicted molar refractivity (Wildman–Crippen MR) is 116 cm³/mol. The summed E-state index contributed by atoms with van der Waals surface area (Å²) in [6.45, 7) is 1.47. The van der Waals surface area contributed by atoms with E-state index in [2.05, 4.69) is 10.6 Å². The van der Waals surface area contributed by atoms with Crippen LogP contribution in [0.4, 0.5) is 16.2 Å². The molecule has 1 fully saturated rings. The average molecular weight is 417 g/mol. The highest BCUT2D eigenvalue weighted by atomic mass is 32.2. The maximum atomic E-state index is 12.8. The number of rotatable bonds is 6. The number of piperidine rings is 1. The van der Waals surface area contributed by atoms with Gasteiger partial charge in [0.25, 0.3) is 0 Å². The van der Waals surface area contributed by atoms with Crippen LogP contribution in [0, 0.1) is 0 Å². The maximum absolute atomic E-state index is 12.8. The quantitative estimate of drug-likeness (QED) is 0.757. The number of carbonyl (C=O) groups is 1. The lowest BCUT2D eigenvalue weighted by atomic mass is 10.2. The number of amides is 2. The Morgan fingerprint density at radius 1 is 1.03 bits per heavy atom. The summed E-state index contributed by atoms with van der Waals surface area (Å²) in [6.07, 6.45) is 2.83. The Hall–Kier alpha value is -2.58. The van der Waals surface area contributed by atoms with Crippen LogP contribution >= 0.6 is 0 Å². The van der Waals surface area contributed by atoms with E-state index in [4.69, 9.17) is 0 Å². The van der Waals surface area contributed by atoms with Gasteiger partial charge in [0.1, 0.15) is 0 Å². The number of anilines is 2. The first kappa shape index (κ1) is 21.1. The molecule has 1 heterocycles. The fourth-order valence-corrected chi connectivity index (χ4v) is 4.85. The van der Waals surface area contributed by atoms with E-state index in [1.807, 2.05) is 43.3 Å². The SMILES string of the molecule is CN(C)c1cccc(CNC(=O)Nc2cccc(S(=O)(=O)N3CCCCC3)c2)c1. The number of nitrogens with one attached hydrogen (secondary N) is 2. The molecule has 7 nitrogen and oxygen atoms in total. The van der Waals surface area contributed by atoms with Crippen molar-refractivity contribution in [3.63, 3.8) is 0 Å². The van der Waals surface area contributed by atoms with Crippen LogP contribution in [0.2, 0.25) is 0 Å². The maximum Gasteiger partial charge on any atom is 0.319 e. The van der Waals surface area contributed by atoms with Gasteiger partial charge >= 0.3 is 6.03 Å². The van der Waals surface area contributed by atoms with Gasteiger partial charge < -0.3 is 15.5 Å². The van der Waals surface area contributed by atoms with Gasteiger partial charge in [0.15, 0.2) is 0 Å². The molecule has 3 rings (SSSR count). The van der Waals surface area contributed by atoms with E-state index in [0.717, 1.165) is 30.5 Å². The molecule has 0 unspecified atom stereocenters. The molecule has 2 N–H and O–H groups in total. The molecule has 0 bridgehead atoms. The van der Waals surface area contributed by atoms with Crippen LogP contribution in [-0.2, 0) is 16.6 Å². The lowest BCUT2D eigenvalue weighted by Crippen LogP contribution is -2.35. The van der Waals surface area contributed by atoms with Crippen molar-refractivity contribution in [2.45, 2.75) is 30.7 Å². The zero-order valence-corrected chi connectivity index (χ0v) is 17.7. The summed E-state index contributed by atoms with van der Waals surface area (Å²) in [7, 11) is 0.393. The van der Waals surface area contributed by atoms with Crippen LogP contribution in [0.25, 0.3) is 0 Å². The molecule has 29 heavy (non-hydrogen) atoms. The van der Waals surface area contributed by atoms with Gasteiger partial charge in [-0.15, -0.1) is 0 Å². The number of nitrogens with zero attached hydrogens (tertiary/aromatic N) is 2. The molecular formula is C21H28N4O3S. The van der Waals surface area contributed by atoms with Crippen LogP contribution in [0.15, 0.2) is 53.4 Å². The van der Waals surface area contributed by atoms with Gasteiger partial charge in [0.2, 0.25) is 10.0 Å². The van der Waals surface area contributed by atoms with Crippen molar-refractivity contribution in [2.75, 3.05) is 37.4 Å². The Balaban J connectivity index is 1.62. The lowest BCUT2D eigenvalue weighted by molar-refractivity contribution is 0.251. The number of hydrogen-bond acceptors (Lipinski definition) is 4. The summed E-state index contributed by atoms with van der Waals surface area (Å²) in [4.78, 5) is 14.5. The molecule has 0 saturated carbocycles. The van der Waals surface area contributed by atoms with E-state index < -0.39 is 10.0 Å². The normalized spacial score (nSPS) is 15.0. The van der Waals surface area contributed by atoms with Crippen LogP contribution in [-0.4, -0.2) is 45.9 Å². The summed E-state index contributed by atoms with van der Waals surface area (Å²) in [6, 6.07) is 13.9. The summed E-state index contributed by atoms with van der Waals surface area (Å²) < 4.78 is 27.2. The smallest absolute Gasteiger partial charge is 0.319 e. The van der Waals surface area contributed by atoms with Crippen LogP contribution in [0.3, 0.4) is 0 Å². The zero-order valence-electron chi connectivity index (χ0n) is 16.9. The Morgan fingerprint density at radius 3 is 2.48 bits per heavy atom. The van der Waals surface area contributed by atoms with Crippen molar-refractivity contribution in [3.8, 4) is 0 Å². The standard InChI is InChI=1S/C21H28N4O3S/c1-24(2)19-10-6-8-17(14-19)16-22-21(26)23-18-9-7-11-20(15-18)29(27,28)25-12-4-3-5-13-25/h6-11,14-15H,3-5,12-13,16H2,1-2H3,(H2,22,23,26). The van der Waals surface area contributed by atoms with E-state index in [1.165, 1.54) is 10.4 Å². The van der Waals surface area contributed by atoms with Crippen molar-refractivity contribution in [3.05, 3.63) is 54.1 Å². The third kappa shape index (κ3) is 5.48. The largest absolute Gasteiger partial charge is 0.378 e. The minimum absolute atomic E-state index is 0.205. The molecule has 2 aromatic rings. The van der Waals surface area contributed by atoms with Crippen LogP contribution in [0.1, 0.15) is 24.8 Å². The molecule has 0 radical (unpaired) electrons. The summed E-state index contributed by atoms with van der Waals surface area (Å²) in [5.74, 6) is 0. The highest BCUT2D eigenvalue weighted by molar-refractivity contribution is 7.89. The summed E-state index contributed by atoms with van der Waals surface area (Å²) in [5, 5.41) is 5.53. The second-order valence-corrected chi connectivity index (χ2v) is 9.30. The van der Waals surface area contributed by atoms with E-state index in [-0.39, 0.29) is 10.9 Å². The third-order valence-electron chi connectivity index (χ3n) is 4.92. The van der Waals surface area contributed by atoms with Gasteiger partial charge in [-0.3, -0.25) is 0 Å². The van der Waals surface area contributed by atoms with Crippen molar-refractivity contribution < 1.29 is 13.2 Å². The highest BCUT2D eigenvalue weighted by Crippen LogP contribution is 2.23. The molecule has 0 aromatic heterocycles. The second-order valence-electron chi connectivity index (χ2n) is 7.36. The van der Waals surface area contributed by atoms with E-state index in [9.17, 15) is 13.2 Å². The first-order valence-corrected chi connectivity index (χ1v) is 11.2. The van der Waals surface area contributed by atoms with Gasteiger partial charge in [-0.25, -0.2) is 13.2 Å². The topological polar surface area (TPSA) is 81.8 Å². The molecule has 1 aliphatic heterocycles. The minimum Gasteiger partial charge on any atom is -0.378 e. The first-order valence-electron chi connectivity index (χ1n) is 9.77. The monoisotopic (exact) mass is 416 g/mol. The van der Waals surface area contributed by atoms with Crippen molar-refractivity contribution in [1.29, 1.82) is 0 Å². The fourth-order valence-electron chi connectivity index (χ4n) is 3.29. The van der Waals surface area contributed by atoms with Gasteiger partial charge in [-0.05, 0) is 48.7 Å². The molecule has 156 valence electrons. The van der Waals surface area contributed by atoms with Crippen molar-refractivity contribution in [1.82, 2.24) is 9.62 Å². The number of urea groups is 1. The van der Waals surface area contributed by atoms with Crippen molar-refractivity contribution >= 4 is 27.4 Å². The number of carbonyl (C=O) groups excluding carboxylic acids is 1. The lowest BCUT2D eigenvalue weighted by Gasteiger charge is -2.26. The van der Waals surface area contributed by atoms with Crippen LogP contribution in [0.5, 0.6) is 0 Å². The molecule has 2 amide bonds. The molecule has 0 spiro atoms. The minimum atomic E-state index is -3.53. The molecule has 1 saturated heterocycles. The molecule has 0 atom stereocenters. The fraction of sp³-hybridized carbons (Fsp3) is 0.381. The van der Waals surface area contributed by atoms with Crippen LogP contribution < -0.4 is 15.5 Å². The molecular weight excluding hydrogens is 388 g/mol. The number of sulfonamides is 1. The predicted octanol–water partition coefficient (Wildman–Crippen LogP) is 3.25. The van der Waals surface area contributed by atoms with E-state index in [0.29, 0.717) is 25.3 Å². The molecule has 2 aromatic carbocycles. The first-order chi connectivity index (χ1) is 13.9. The zero-order chi connectivity index (χ0) is 20.9. The third-order valence-corrected chi connectivity index (χ3v) is 6.82. The average Bonchev–Trinajstić information content (AvgIpc) is 2.73. The number of benzene rings is 2. The second kappa shape index (κ2) is 9.28. The van der Waals surface area contributed by atoms with Gasteiger partial charge in [-0.1, -0.05) is 24.6 Å². The van der Waals surface area contributed by atoms with Crippen molar-refractivity contribution in [2.24, 2.45) is 0 Å². The van der Waals surface area contributed by atoms with Gasteiger partial charge in [0.05, 0.1) is 4.90 Å². The molecule has 1 aliphatic rings.